The molecule has 5 nitrogen and oxygen atoms in total. The number of nitrogens with zero attached hydrogens (tertiary/aromatic N) is 1. The van der Waals surface area contributed by atoms with Gasteiger partial charge in [0.25, 0.3) is 10.0 Å². The third kappa shape index (κ3) is 3.75. The van der Waals surface area contributed by atoms with Crippen LogP contribution in [0.2, 0.25) is 0 Å². The van der Waals surface area contributed by atoms with Gasteiger partial charge in [0.15, 0.2) is 0 Å². The van der Waals surface area contributed by atoms with Crippen LogP contribution in [0.3, 0.4) is 0 Å². The van der Waals surface area contributed by atoms with Crippen LogP contribution in [0.5, 0.6) is 0 Å². The van der Waals surface area contributed by atoms with E-state index in [9.17, 15) is 21.6 Å². The quantitative estimate of drug-likeness (QED) is 0.660. The van der Waals surface area contributed by atoms with Crippen LogP contribution < -0.4 is 4.72 Å². The summed E-state index contributed by atoms with van der Waals surface area (Å²) in [6.07, 6.45) is -3.88. The van der Waals surface area contributed by atoms with Gasteiger partial charge in [0.05, 0.1) is 10.6 Å². The van der Waals surface area contributed by atoms with E-state index >= 15 is 0 Å². The number of para-hydroxylation sites is 1. The molecule has 3 aromatic rings. The maximum absolute atomic E-state index is 12.7. The van der Waals surface area contributed by atoms with E-state index in [-0.39, 0.29) is 9.90 Å². The number of H-pyrrole nitrogens is 1. The van der Waals surface area contributed by atoms with Crippen LogP contribution in [-0.2, 0) is 22.6 Å². The van der Waals surface area contributed by atoms with E-state index in [1.807, 2.05) is 24.2 Å². The second-order valence-electron chi connectivity index (χ2n) is 5.40. The van der Waals surface area contributed by atoms with E-state index in [1.54, 1.807) is 12.1 Å². The SMILES string of the molecule is CCc1ccccc1NS(=O)(=O)c1ccc(-c2cc(C(F)(F)F)[nH]n2)s1. The number of halogens is 3. The lowest BCUT2D eigenvalue weighted by Gasteiger charge is -2.10. The van der Waals surface area contributed by atoms with Crippen molar-refractivity contribution in [3.8, 4) is 10.6 Å². The van der Waals surface area contributed by atoms with Crippen LogP contribution in [0.25, 0.3) is 10.6 Å². The highest BCUT2D eigenvalue weighted by molar-refractivity contribution is 7.94. The topological polar surface area (TPSA) is 74.8 Å². The van der Waals surface area contributed by atoms with Crippen molar-refractivity contribution in [3.63, 3.8) is 0 Å². The molecular weight excluding hydrogens is 387 g/mol. The first kappa shape index (κ1) is 18.5. The number of aryl methyl sites for hydroxylation is 1. The average molecular weight is 401 g/mol. The molecule has 0 aliphatic heterocycles. The predicted octanol–water partition coefficient (Wildman–Crippen LogP) is 4.52. The zero-order valence-corrected chi connectivity index (χ0v) is 15.1. The second kappa shape index (κ2) is 6.76. The number of aromatic amines is 1. The van der Waals surface area contributed by atoms with Crippen LogP contribution in [0.4, 0.5) is 18.9 Å². The number of nitrogens with one attached hydrogen (secondary N) is 2. The largest absolute Gasteiger partial charge is 0.432 e. The molecule has 0 spiro atoms. The zero-order chi connectivity index (χ0) is 18.9. The first-order valence-corrected chi connectivity index (χ1v) is 9.84. The van der Waals surface area contributed by atoms with Gasteiger partial charge in [-0.3, -0.25) is 9.82 Å². The summed E-state index contributed by atoms with van der Waals surface area (Å²) in [7, 11) is -3.85. The Morgan fingerprint density at radius 1 is 1.19 bits per heavy atom. The van der Waals surface area contributed by atoms with Crippen molar-refractivity contribution in [3.05, 3.63) is 53.7 Å². The molecule has 2 aromatic heterocycles. The maximum Gasteiger partial charge on any atom is 0.432 e. The van der Waals surface area contributed by atoms with Crippen LogP contribution in [0.1, 0.15) is 18.2 Å². The minimum absolute atomic E-state index is 0.00466. The standard InChI is InChI=1S/C16H14F3N3O2S2/c1-2-10-5-3-4-6-11(10)22-26(23,24)15-8-7-13(25-15)12-9-14(21-20-12)16(17,18)19/h3-9,22H,2H2,1H3,(H,20,21). The lowest BCUT2D eigenvalue weighted by atomic mass is 10.1. The molecule has 0 unspecified atom stereocenters. The van der Waals surface area contributed by atoms with Crippen molar-refractivity contribution < 1.29 is 21.6 Å². The molecule has 10 heteroatoms. The molecule has 3 rings (SSSR count). The molecule has 0 aliphatic carbocycles. The summed E-state index contributed by atoms with van der Waals surface area (Å²) in [5, 5.41) is 5.52. The lowest BCUT2D eigenvalue weighted by molar-refractivity contribution is -0.141. The van der Waals surface area contributed by atoms with Gasteiger partial charge in [0.1, 0.15) is 15.6 Å². The summed E-state index contributed by atoms with van der Waals surface area (Å²) in [4.78, 5) is 0.320. The van der Waals surface area contributed by atoms with Crippen LogP contribution in [0.15, 0.2) is 46.7 Å². The molecule has 138 valence electrons. The minimum Gasteiger partial charge on any atom is -0.279 e. The Labute approximate surface area is 151 Å². The van der Waals surface area contributed by atoms with Gasteiger partial charge in [0.2, 0.25) is 0 Å². The molecule has 0 bridgehead atoms. The van der Waals surface area contributed by atoms with E-state index in [4.69, 9.17) is 0 Å². The molecule has 0 fully saturated rings. The Morgan fingerprint density at radius 3 is 2.58 bits per heavy atom. The van der Waals surface area contributed by atoms with Crippen molar-refractivity contribution in [1.82, 2.24) is 10.2 Å². The van der Waals surface area contributed by atoms with E-state index in [0.29, 0.717) is 17.0 Å². The number of anilines is 1. The minimum atomic E-state index is -4.54. The molecule has 0 radical (unpaired) electrons. The van der Waals surface area contributed by atoms with Gasteiger partial charge in [-0.15, -0.1) is 11.3 Å². The molecule has 2 N–H and O–H groups in total. The van der Waals surface area contributed by atoms with Crippen molar-refractivity contribution in [1.29, 1.82) is 0 Å². The third-order valence-corrected chi connectivity index (χ3v) is 6.59. The van der Waals surface area contributed by atoms with Crippen molar-refractivity contribution in [2.45, 2.75) is 23.7 Å². The molecule has 0 aliphatic rings. The zero-order valence-electron chi connectivity index (χ0n) is 13.5. The fraction of sp³-hybridized carbons (Fsp3) is 0.188. The number of alkyl halides is 3. The number of aromatic nitrogens is 2. The Bertz CT molecular complexity index is 1020. The number of thiophene rings is 1. The van der Waals surface area contributed by atoms with Gasteiger partial charge in [-0.2, -0.15) is 18.3 Å². The summed E-state index contributed by atoms with van der Waals surface area (Å²) in [6, 6.07) is 10.6. The normalized spacial score (nSPS) is 12.3. The fourth-order valence-corrected chi connectivity index (χ4v) is 4.69. The lowest BCUT2D eigenvalue weighted by Crippen LogP contribution is -2.12. The summed E-state index contributed by atoms with van der Waals surface area (Å²) < 4.78 is 65.6. The smallest absolute Gasteiger partial charge is 0.279 e. The van der Waals surface area contributed by atoms with E-state index in [2.05, 4.69) is 9.82 Å². The fourth-order valence-electron chi connectivity index (χ4n) is 2.32. The molecule has 0 saturated carbocycles. The number of benzene rings is 1. The monoisotopic (exact) mass is 401 g/mol. The third-order valence-electron chi connectivity index (χ3n) is 3.62. The summed E-state index contributed by atoms with van der Waals surface area (Å²) in [5.74, 6) is 0. The summed E-state index contributed by atoms with van der Waals surface area (Å²) >= 11 is 0.849. The van der Waals surface area contributed by atoms with Gasteiger partial charge in [0, 0.05) is 0 Å². The van der Waals surface area contributed by atoms with Crippen LogP contribution >= 0.6 is 11.3 Å². The molecule has 0 atom stereocenters. The molecular formula is C16H14F3N3O2S2. The molecule has 0 amide bonds. The predicted molar refractivity (Wildman–Crippen MR) is 93.5 cm³/mol. The maximum atomic E-state index is 12.7. The summed E-state index contributed by atoms with van der Waals surface area (Å²) in [5.41, 5.74) is 0.372. The number of sulfonamides is 1. The highest BCUT2D eigenvalue weighted by atomic mass is 32.2. The van der Waals surface area contributed by atoms with E-state index < -0.39 is 21.9 Å². The van der Waals surface area contributed by atoms with Crippen molar-refractivity contribution in [2.24, 2.45) is 0 Å². The van der Waals surface area contributed by atoms with Crippen LogP contribution in [0, 0.1) is 0 Å². The molecule has 2 heterocycles. The van der Waals surface area contributed by atoms with Gasteiger partial charge >= 0.3 is 6.18 Å². The van der Waals surface area contributed by atoms with Crippen molar-refractivity contribution in [2.75, 3.05) is 4.72 Å². The number of hydrogen-bond donors (Lipinski definition) is 2. The Kier molecular flexibility index (Phi) is 4.80. The summed E-state index contributed by atoms with van der Waals surface area (Å²) in [6.45, 7) is 1.91. The van der Waals surface area contributed by atoms with Gasteiger partial charge in [-0.25, -0.2) is 8.42 Å². The molecule has 1 aromatic carbocycles. The van der Waals surface area contributed by atoms with E-state index in [1.165, 1.54) is 12.1 Å². The average Bonchev–Trinajstić information content (AvgIpc) is 3.24. The van der Waals surface area contributed by atoms with Gasteiger partial charge in [-0.1, -0.05) is 25.1 Å². The molecule has 26 heavy (non-hydrogen) atoms. The van der Waals surface area contributed by atoms with Gasteiger partial charge < -0.3 is 0 Å². The Hall–Kier alpha value is -2.33. The van der Waals surface area contributed by atoms with Crippen LogP contribution in [-0.4, -0.2) is 18.6 Å². The number of hydrogen-bond acceptors (Lipinski definition) is 4. The Balaban J connectivity index is 1.88. The first-order valence-electron chi connectivity index (χ1n) is 7.54. The highest BCUT2D eigenvalue weighted by Gasteiger charge is 2.33. The highest BCUT2D eigenvalue weighted by Crippen LogP contribution is 2.34. The second-order valence-corrected chi connectivity index (χ2v) is 8.39. The van der Waals surface area contributed by atoms with Crippen molar-refractivity contribution >= 4 is 27.0 Å². The number of rotatable bonds is 5. The Morgan fingerprint density at radius 2 is 1.92 bits per heavy atom. The van der Waals surface area contributed by atoms with Gasteiger partial charge in [-0.05, 0) is 36.2 Å². The first-order chi connectivity index (χ1) is 12.2. The molecule has 0 saturated heterocycles. The van der Waals surface area contributed by atoms with E-state index in [0.717, 1.165) is 23.0 Å².